The van der Waals surface area contributed by atoms with Crippen molar-refractivity contribution in [3.63, 3.8) is 0 Å². The van der Waals surface area contributed by atoms with Crippen molar-refractivity contribution >= 4 is 41.1 Å². The molecule has 2 unspecified atom stereocenters. The molecule has 0 amide bonds. The lowest BCUT2D eigenvalue weighted by molar-refractivity contribution is -0.145. The van der Waals surface area contributed by atoms with Crippen LogP contribution in [0, 0.1) is 6.92 Å². The topological polar surface area (TPSA) is 105 Å². The summed E-state index contributed by atoms with van der Waals surface area (Å²) in [5, 5.41) is 20.1. The minimum Gasteiger partial charge on any atom is -0.481 e. The molecule has 2 atom stereocenters. The summed E-state index contributed by atoms with van der Waals surface area (Å²) in [6.07, 6.45) is -0.586. The van der Waals surface area contributed by atoms with E-state index in [1.54, 1.807) is 43.3 Å². The zero-order valence-corrected chi connectivity index (χ0v) is 13.6. The number of carboxylic acids is 2. The average molecular weight is 345 g/mol. The van der Waals surface area contributed by atoms with Crippen LogP contribution < -0.4 is 0 Å². The molecule has 0 spiro atoms. The van der Waals surface area contributed by atoms with E-state index in [1.807, 2.05) is 0 Å². The highest BCUT2D eigenvalue weighted by Gasteiger charge is 2.32. The predicted octanol–water partition coefficient (Wildman–Crippen LogP) is 4.28. The number of benzene rings is 2. The van der Waals surface area contributed by atoms with Gasteiger partial charge in [0.15, 0.2) is 5.58 Å². The molecule has 0 saturated carbocycles. The number of aryl methyl sites for hydroxylation is 1. The van der Waals surface area contributed by atoms with Crippen LogP contribution in [0.15, 0.2) is 40.6 Å². The number of aliphatic carboxylic acids is 2. The van der Waals surface area contributed by atoms with E-state index in [0.717, 1.165) is 0 Å². The summed E-state index contributed by atoms with van der Waals surface area (Å²) in [7, 11) is -2.32. The van der Waals surface area contributed by atoms with Crippen LogP contribution in [-0.4, -0.2) is 22.2 Å². The Morgan fingerprint density at radius 2 is 1.83 bits per heavy atom. The lowest BCUT2D eigenvalue weighted by Gasteiger charge is -2.13. The molecule has 0 bridgehead atoms. The fourth-order valence-corrected chi connectivity index (χ4v) is 4.30. The maximum atomic E-state index is 12.6. The third-order valence-electron chi connectivity index (χ3n) is 4.00. The molecule has 2 N–H and O–H groups in total. The van der Waals surface area contributed by atoms with Gasteiger partial charge in [0.2, 0.25) is 5.12 Å². The molecule has 3 aromatic rings. The average Bonchev–Trinajstić information content (AvgIpc) is 2.52. The number of rotatable bonds is 4. The summed E-state index contributed by atoms with van der Waals surface area (Å²) in [5.41, 5.74) is 1.30. The van der Waals surface area contributed by atoms with Crippen LogP contribution in [0.5, 0.6) is 0 Å². The summed E-state index contributed by atoms with van der Waals surface area (Å²) < 4.78 is 18.1. The monoisotopic (exact) mass is 345 g/mol. The molecule has 0 aliphatic rings. The molecule has 0 aliphatic carbocycles. The molecule has 0 fully saturated rings. The first kappa shape index (κ1) is 16.1. The molecular weight excluding hydrogens is 331 g/mol. The molecule has 1 aromatic heterocycles. The van der Waals surface area contributed by atoms with E-state index in [4.69, 9.17) is 9.30 Å². The Labute approximate surface area is 137 Å². The SMILES string of the molecule is Cc1ccc2c3ccccc3o[p+](=O)c2c1C(CC(=O)O)C(=O)O. The number of fused-ring (bicyclic) bond motifs is 3. The highest BCUT2D eigenvalue weighted by Crippen LogP contribution is 2.42. The lowest BCUT2D eigenvalue weighted by atomic mass is 9.90. The molecule has 2 aromatic carbocycles. The standard InChI is InChI=1S/C17H13O6P/c1-9-6-7-11-10-4-2-3-5-13(10)23-24(22)16(11)15(9)12(17(20)21)8-14(18)19/h2-7,12H,8H2,1H3,(H-,18,19,20,21)/p+1. The molecule has 24 heavy (non-hydrogen) atoms. The van der Waals surface area contributed by atoms with Crippen LogP contribution in [-0.2, 0) is 14.2 Å². The summed E-state index contributed by atoms with van der Waals surface area (Å²) in [4.78, 5) is 22.7. The first-order chi connectivity index (χ1) is 11.4. The van der Waals surface area contributed by atoms with Gasteiger partial charge < -0.3 is 10.2 Å². The van der Waals surface area contributed by atoms with E-state index in [9.17, 15) is 19.3 Å². The largest absolute Gasteiger partial charge is 0.598 e. The number of hydrogen-bond acceptors (Lipinski definition) is 4. The van der Waals surface area contributed by atoms with Gasteiger partial charge in [-0.25, -0.2) is 4.20 Å². The van der Waals surface area contributed by atoms with Crippen molar-refractivity contribution in [2.45, 2.75) is 19.3 Å². The first-order valence-electron chi connectivity index (χ1n) is 7.23. The fourth-order valence-electron chi connectivity index (χ4n) is 2.95. The van der Waals surface area contributed by atoms with Crippen molar-refractivity contribution in [1.82, 2.24) is 0 Å². The van der Waals surface area contributed by atoms with Gasteiger partial charge in [-0.2, -0.15) is 0 Å². The zero-order chi connectivity index (χ0) is 17.4. The van der Waals surface area contributed by atoms with Gasteiger partial charge in [-0.05, 0) is 29.2 Å². The third kappa shape index (κ3) is 2.65. The van der Waals surface area contributed by atoms with Crippen LogP contribution >= 0.6 is 7.65 Å². The summed E-state index contributed by atoms with van der Waals surface area (Å²) >= 11 is 0. The molecular formula is C17H14O6P+. The fraction of sp³-hybridized carbons (Fsp3) is 0.176. The van der Waals surface area contributed by atoms with Gasteiger partial charge in [0.1, 0.15) is 0 Å². The normalized spacial score (nSPS) is 13.1. The Bertz CT molecular complexity index is 1040. The molecule has 0 aliphatic heterocycles. The Morgan fingerprint density at radius 1 is 1.12 bits per heavy atom. The third-order valence-corrected chi connectivity index (χ3v) is 5.21. The lowest BCUT2D eigenvalue weighted by Crippen LogP contribution is -2.17. The highest BCUT2D eigenvalue weighted by molar-refractivity contribution is 7.37. The molecule has 3 rings (SSSR count). The molecule has 0 saturated heterocycles. The van der Waals surface area contributed by atoms with Gasteiger partial charge in [-0.15, -0.1) is 0 Å². The van der Waals surface area contributed by atoms with Crippen LogP contribution in [0.2, 0.25) is 0 Å². The van der Waals surface area contributed by atoms with Crippen molar-refractivity contribution in [2.75, 3.05) is 0 Å². The van der Waals surface area contributed by atoms with Crippen LogP contribution in [0.4, 0.5) is 0 Å². The number of para-hydroxylation sites is 1. The van der Waals surface area contributed by atoms with Crippen molar-refractivity contribution in [3.8, 4) is 0 Å². The molecule has 122 valence electrons. The van der Waals surface area contributed by atoms with E-state index >= 15 is 0 Å². The molecule has 6 nitrogen and oxygen atoms in total. The van der Waals surface area contributed by atoms with Crippen LogP contribution in [0.3, 0.4) is 0 Å². The second-order valence-corrected chi connectivity index (χ2v) is 6.67. The summed E-state index contributed by atoms with van der Waals surface area (Å²) in [6, 6.07) is 10.5. The molecule has 1 heterocycles. The van der Waals surface area contributed by atoms with Crippen molar-refractivity contribution < 1.29 is 28.6 Å². The van der Waals surface area contributed by atoms with Crippen molar-refractivity contribution in [3.05, 3.63) is 47.5 Å². The van der Waals surface area contributed by atoms with E-state index in [-0.39, 0.29) is 10.7 Å². The van der Waals surface area contributed by atoms with Crippen LogP contribution in [0.1, 0.15) is 23.5 Å². The Balaban J connectivity index is 2.45. The minimum atomic E-state index is -2.32. The van der Waals surface area contributed by atoms with Crippen molar-refractivity contribution in [2.24, 2.45) is 0 Å². The second-order valence-electron chi connectivity index (χ2n) is 5.53. The van der Waals surface area contributed by atoms with Gasteiger partial charge in [0.25, 0.3) is 0 Å². The quantitative estimate of drug-likeness (QED) is 0.684. The predicted molar refractivity (Wildman–Crippen MR) is 88.7 cm³/mol. The van der Waals surface area contributed by atoms with Gasteiger partial charge >= 0.3 is 19.6 Å². The van der Waals surface area contributed by atoms with Crippen molar-refractivity contribution in [1.29, 1.82) is 0 Å². The van der Waals surface area contributed by atoms with Crippen LogP contribution in [0.25, 0.3) is 21.5 Å². The summed E-state index contributed by atoms with van der Waals surface area (Å²) in [5.74, 6) is -3.78. The van der Waals surface area contributed by atoms with Gasteiger partial charge in [-0.1, -0.05) is 24.3 Å². The van der Waals surface area contributed by atoms with E-state index in [2.05, 4.69) is 0 Å². The minimum absolute atomic E-state index is 0.262. The number of hydrogen-bond donors (Lipinski definition) is 2. The number of carbonyl (C=O) groups is 2. The second kappa shape index (κ2) is 6.06. The number of carboxylic acid groups (broad SMARTS) is 2. The van der Waals surface area contributed by atoms with E-state index < -0.39 is 31.9 Å². The summed E-state index contributed by atoms with van der Waals surface area (Å²) in [6.45, 7) is 1.68. The zero-order valence-electron chi connectivity index (χ0n) is 12.7. The van der Waals surface area contributed by atoms with Gasteiger partial charge in [-0.3, -0.25) is 9.59 Å². The Hall–Kier alpha value is -2.72. The first-order valence-corrected chi connectivity index (χ1v) is 8.40. The molecule has 7 heteroatoms. The van der Waals surface area contributed by atoms with E-state index in [1.165, 1.54) is 0 Å². The Kier molecular flexibility index (Phi) is 4.08. The highest BCUT2D eigenvalue weighted by atomic mass is 31.1. The van der Waals surface area contributed by atoms with Gasteiger partial charge in [0.05, 0.1) is 12.3 Å². The maximum absolute atomic E-state index is 12.6. The molecule has 0 radical (unpaired) electrons. The Morgan fingerprint density at radius 3 is 2.50 bits per heavy atom. The van der Waals surface area contributed by atoms with Gasteiger partial charge in [0, 0.05) is 16.3 Å². The maximum Gasteiger partial charge on any atom is 0.598 e. The smallest absolute Gasteiger partial charge is 0.481 e. The van der Waals surface area contributed by atoms with E-state index in [0.29, 0.717) is 21.9 Å².